The van der Waals surface area contributed by atoms with Gasteiger partial charge in [0.05, 0.1) is 11.3 Å². The molecule has 0 saturated carbocycles. The summed E-state index contributed by atoms with van der Waals surface area (Å²) in [4.78, 5) is 11.4. The second-order valence-corrected chi connectivity index (χ2v) is 3.92. The zero-order valence-electron chi connectivity index (χ0n) is 10.1. The number of ether oxygens (including phenoxy) is 1. The highest BCUT2D eigenvalue weighted by Crippen LogP contribution is 2.21. The topological polar surface area (TPSA) is 52.3 Å². The number of aromatic nitrogens is 1. The van der Waals surface area contributed by atoms with Crippen molar-refractivity contribution in [2.75, 3.05) is 0 Å². The van der Waals surface area contributed by atoms with E-state index >= 15 is 0 Å². The van der Waals surface area contributed by atoms with Crippen LogP contribution in [0.15, 0.2) is 28.8 Å². The third-order valence-corrected chi connectivity index (χ3v) is 2.37. The smallest absolute Gasteiger partial charge is 0.174 e. The molecule has 0 atom stereocenters. The summed E-state index contributed by atoms with van der Waals surface area (Å²) in [7, 11) is 0. The zero-order valence-corrected chi connectivity index (χ0v) is 10.1. The fourth-order valence-electron chi connectivity index (χ4n) is 1.54. The molecule has 0 bridgehead atoms. The van der Waals surface area contributed by atoms with Crippen LogP contribution in [0.1, 0.15) is 28.7 Å². The Morgan fingerprint density at radius 3 is 2.83 bits per heavy atom. The minimum absolute atomic E-state index is 0.146. The quantitative estimate of drug-likeness (QED) is 0.782. The Kier molecular flexibility index (Phi) is 3.41. The molecule has 0 aliphatic carbocycles. The van der Waals surface area contributed by atoms with Gasteiger partial charge in [0, 0.05) is 6.07 Å². The monoisotopic (exact) mass is 249 g/mol. The van der Waals surface area contributed by atoms with E-state index in [1.165, 1.54) is 19.1 Å². The van der Waals surface area contributed by atoms with Crippen molar-refractivity contribution in [3.8, 4) is 5.75 Å². The third kappa shape index (κ3) is 2.74. The molecule has 2 rings (SSSR count). The van der Waals surface area contributed by atoms with Gasteiger partial charge in [0.1, 0.15) is 18.2 Å². The summed E-state index contributed by atoms with van der Waals surface area (Å²) in [6.07, 6.45) is 0. The summed E-state index contributed by atoms with van der Waals surface area (Å²) in [6, 6.07) is 5.56. The van der Waals surface area contributed by atoms with Gasteiger partial charge in [-0.15, -0.1) is 0 Å². The lowest BCUT2D eigenvalue weighted by Gasteiger charge is -2.08. The number of carbonyl (C=O) groups is 1. The Labute approximate surface area is 103 Å². The number of nitrogens with zero attached hydrogens (tertiary/aromatic N) is 1. The van der Waals surface area contributed by atoms with Crippen LogP contribution in [0.4, 0.5) is 4.39 Å². The van der Waals surface area contributed by atoms with E-state index in [1.807, 2.05) is 0 Å². The van der Waals surface area contributed by atoms with E-state index in [-0.39, 0.29) is 18.0 Å². The van der Waals surface area contributed by atoms with E-state index in [1.54, 1.807) is 13.0 Å². The van der Waals surface area contributed by atoms with Crippen molar-refractivity contribution in [1.82, 2.24) is 5.16 Å². The van der Waals surface area contributed by atoms with E-state index in [0.29, 0.717) is 11.5 Å². The first-order valence-electron chi connectivity index (χ1n) is 5.42. The van der Waals surface area contributed by atoms with E-state index in [2.05, 4.69) is 5.16 Å². The highest BCUT2D eigenvalue weighted by Gasteiger charge is 2.11. The first-order chi connectivity index (χ1) is 8.56. The van der Waals surface area contributed by atoms with Crippen LogP contribution in [0.25, 0.3) is 0 Å². The lowest BCUT2D eigenvalue weighted by molar-refractivity contribution is 0.101. The predicted octanol–water partition coefficient (Wildman–Crippen LogP) is 2.90. The van der Waals surface area contributed by atoms with Crippen molar-refractivity contribution in [3.05, 3.63) is 47.1 Å². The molecule has 0 radical (unpaired) electrons. The van der Waals surface area contributed by atoms with Gasteiger partial charge in [0.15, 0.2) is 11.5 Å². The van der Waals surface area contributed by atoms with Crippen LogP contribution in [-0.2, 0) is 6.61 Å². The lowest BCUT2D eigenvalue weighted by Crippen LogP contribution is -2.01. The molecule has 0 aliphatic heterocycles. The summed E-state index contributed by atoms with van der Waals surface area (Å²) >= 11 is 0. The average Bonchev–Trinajstić information content (AvgIpc) is 2.73. The van der Waals surface area contributed by atoms with Crippen LogP contribution in [-0.4, -0.2) is 10.9 Å². The number of halogens is 1. The second-order valence-electron chi connectivity index (χ2n) is 3.92. The molecule has 0 spiro atoms. The zero-order chi connectivity index (χ0) is 13.1. The van der Waals surface area contributed by atoms with Crippen LogP contribution in [0, 0.1) is 12.7 Å². The summed E-state index contributed by atoms with van der Waals surface area (Å²) < 4.78 is 23.4. The van der Waals surface area contributed by atoms with Crippen molar-refractivity contribution in [3.63, 3.8) is 0 Å². The first kappa shape index (κ1) is 12.3. The van der Waals surface area contributed by atoms with Gasteiger partial charge in [-0.05, 0) is 32.0 Å². The predicted molar refractivity (Wildman–Crippen MR) is 62.0 cm³/mol. The van der Waals surface area contributed by atoms with Crippen LogP contribution in [0.2, 0.25) is 0 Å². The maximum atomic E-state index is 13.0. The number of ketones is 1. The van der Waals surface area contributed by atoms with Gasteiger partial charge in [-0.3, -0.25) is 4.79 Å². The normalized spacial score (nSPS) is 10.4. The van der Waals surface area contributed by atoms with Gasteiger partial charge in [-0.1, -0.05) is 5.16 Å². The molecule has 0 fully saturated rings. The van der Waals surface area contributed by atoms with Crippen LogP contribution in [0.3, 0.4) is 0 Å². The Balaban J connectivity index is 2.16. The third-order valence-electron chi connectivity index (χ3n) is 2.37. The highest BCUT2D eigenvalue weighted by atomic mass is 19.1. The largest absolute Gasteiger partial charge is 0.485 e. The molecule has 18 heavy (non-hydrogen) atoms. The molecule has 0 aliphatic rings. The molecule has 1 heterocycles. The highest BCUT2D eigenvalue weighted by molar-refractivity contribution is 5.96. The van der Waals surface area contributed by atoms with Crippen LogP contribution in [0.5, 0.6) is 5.75 Å². The van der Waals surface area contributed by atoms with Crippen LogP contribution >= 0.6 is 0 Å². The fourth-order valence-corrected chi connectivity index (χ4v) is 1.54. The Morgan fingerprint density at radius 1 is 1.44 bits per heavy atom. The molecule has 1 aromatic carbocycles. The molecule has 0 N–H and O–H groups in total. The number of rotatable bonds is 4. The Hall–Kier alpha value is -2.17. The second kappa shape index (κ2) is 5.00. The van der Waals surface area contributed by atoms with Gasteiger partial charge >= 0.3 is 0 Å². The number of carbonyl (C=O) groups excluding carboxylic acids is 1. The maximum Gasteiger partial charge on any atom is 0.174 e. The summed E-state index contributed by atoms with van der Waals surface area (Å²) in [6.45, 7) is 3.30. The molecule has 0 saturated heterocycles. The summed E-state index contributed by atoms with van der Waals surface area (Å²) in [5, 5.41) is 3.72. The van der Waals surface area contributed by atoms with Crippen molar-refractivity contribution in [2.24, 2.45) is 0 Å². The molecule has 4 nitrogen and oxygen atoms in total. The molecule has 5 heteroatoms. The molecule has 94 valence electrons. The van der Waals surface area contributed by atoms with Crippen molar-refractivity contribution >= 4 is 5.78 Å². The number of hydrogen-bond donors (Lipinski definition) is 0. The number of aryl methyl sites for hydroxylation is 1. The molecule has 0 unspecified atom stereocenters. The Morgan fingerprint density at radius 2 is 2.22 bits per heavy atom. The maximum absolute atomic E-state index is 13.0. The molecule has 2 aromatic rings. The van der Waals surface area contributed by atoms with Crippen molar-refractivity contribution < 1.29 is 18.4 Å². The number of Topliss-reactive ketones (excluding diaryl/α,β-unsaturated/α-hetero) is 1. The number of hydrogen-bond acceptors (Lipinski definition) is 4. The van der Waals surface area contributed by atoms with Crippen LogP contribution < -0.4 is 4.74 Å². The van der Waals surface area contributed by atoms with Crippen molar-refractivity contribution in [1.29, 1.82) is 0 Å². The van der Waals surface area contributed by atoms with Gasteiger partial charge in [0.25, 0.3) is 0 Å². The number of benzene rings is 1. The van der Waals surface area contributed by atoms with Crippen molar-refractivity contribution in [2.45, 2.75) is 20.5 Å². The summed E-state index contributed by atoms with van der Waals surface area (Å²) in [5.41, 5.74) is 0.964. The first-order valence-corrected chi connectivity index (χ1v) is 5.42. The SMILES string of the molecule is CC(=O)c1cc(F)ccc1OCc1cc(C)no1. The van der Waals surface area contributed by atoms with Gasteiger partial charge in [-0.25, -0.2) is 4.39 Å². The van der Waals surface area contributed by atoms with Gasteiger partial charge in [0.2, 0.25) is 0 Å². The standard InChI is InChI=1S/C13H12FNO3/c1-8-5-11(18-15-8)7-17-13-4-3-10(14)6-12(13)9(2)16/h3-6H,7H2,1-2H3. The average molecular weight is 249 g/mol. The van der Waals surface area contributed by atoms with E-state index in [0.717, 1.165) is 11.8 Å². The summed E-state index contributed by atoms with van der Waals surface area (Å²) in [5.74, 6) is 0.158. The molecular formula is C13H12FNO3. The minimum Gasteiger partial charge on any atom is -0.485 e. The van der Waals surface area contributed by atoms with Gasteiger partial charge in [-0.2, -0.15) is 0 Å². The molecule has 1 aromatic heterocycles. The molecule has 0 amide bonds. The minimum atomic E-state index is -0.469. The fraction of sp³-hybridized carbons (Fsp3) is 0.231. The Bertz CT molecular complexity index is 577. The lowest BCUT2D eigenvalue weighted by atomic mass is 10.1. The van der Waals surface area contributed by atoms with E-state index in [9.17, 15) is 9.18 Å². The van der Waals surface area contributed by atoms with Gasteiger partial charge < -0.3 is 9.26 Å². The molecular weight excluding hydrogens is 237 g/mol. The van der Waals surface area contributed by atoms with E-state index < -0.39 is 5.82 Å². The van der Waals surface area contributed by atoms with E-state index in [4.69, 9.17) is 9.26 Å².